The molecule has 0 saturated carbocycles. The standard InChI is InChI=1S/C25H23Cl2N5O2/c26-18-8-10-21(20(14-18)25(34)31-22-11-9-19(27)15-29-22)30-24(33)17-6-4-16(5-7-17)23(28)32-12-2-1-3-13-32/h4-11,14-15,26,28H,1-3,12-13H2,(H-,29,30,31,33,34)/p+1. The van der Waals surface area contributed by atoms with E-state index in [0.717, 1.165) is 31.5 Å². The average molecular weight is 497 g/mol. The van der Waals surface area contributed by atoms with E-state index < -0.39 is 5.91 Å². The van der Waals surface area contributed by atoms with Crippen LogP contribution in [0.25, 0.3) is 0 Å². The second kappa shape index (κ2) is 10.7. The number of anilines is 2. The van der Waals surface area contributed by atoms with Gasteiger partial charge < -0.3 is 15.5 Å². The zero-order chi connectivity index (χ0) is 24.1. The molecule has 1 saturated heterocycles. The van der Waals surface area contributed by atoms with Crippen molar-refractivity contribution in [2.24, 2.45) is 0 Å². The van der Waals surface area contributed by atoms with E-state index in [-0.39, 0.29) is 11.5 Å². The lowest BCUT2D eigenvalue weighted by Crippen LogP contribution is -2.35. The quantitative estimate of drug-likeness (QED) is 0.350. The first kappa shape index (κ1) is 23.7. The molecule has 1 aliphatic rings. The van der Waals surface area contributed by atoms with E-state index in [1.54, 1.807) is 48.5 Å². The summed E-state index contributed by atoms with van der Waals surface area (Å²) in [7, 11) is 0. The minimum atomic E-state index is -0.456. The monoisotopic (exact) mass is 496 g/mol. The molecule has 1 fully saturated rings. The van der Waals surface area contributed by atoms with Gasteiger partial charge in [-0.15, -0.1) is 0 Å². The molecule has 9 heteroatoms. The number of nitrogens with one attached hydrogen (secondary N) is 3. The minimum Gasteiger partial charge on any atom is -0.357 e. The van der Waals surface area contributed by atoms with E-state index in [1.807, 2.05) is 0 Å². The Kier molecular flexibility index (Phi) is 7.45. The van der Waals surface area contributed by atoms with Crippen LogP contribution >= 0.6 is 11.6 Å². The predicted molar refractivity (Wildman–Crippen MR) is 131 cm³/mol. The Balaban J connectivity index is 1.47. The SMILES string of the molecule is N=C(c1ccc(C(=O)Nc2ccc([ClH+])cc2C(=O)Nc2ccc(Cl)cn2)cc1)N1CCCCC1. The first-order valence-electron chi connectivity index (χ1n) is 10.9. The van der Waals surface area contributed by atoms with Gasteiger partial charge in [0, 0.05) is 42.5 Å². The highest BCUT2D eigenvalue weighted by Gasteiger charge is 2.19. The number of nitrogens with zero attached hydrogens (tertiary/aromatic N) is 2. The van der Waals surface area contributed by atoms with Crippen LogP contribution in [0, 0.1) is 17.0 Å². The number of pyridine rings is 1. The molecule has 7 nitrogen and oxygen atoms in total. The van der Waals surface area contributed by atoms with E-state index in [4.69, 9.17) is 28.6 Å². The highest BCUT2D eigenvalue weighted by Crippen LogP contribution is 2.21. The average Bonchev–Trinajstić information content (AvgIpc) is 2.86. The van der Waals surface area contributed by atoms with Gasteiger partial charge in [-0.2, -0.15) is 0 Å². The summed E-state index contributed by atoms with van der Waals surface area (Å²) < 4.78 is 0. The van der Waals surface area contributed by atoms with Crippen molar-refractivity contribution in [2.75, 3.05) is 23.7 Å². The molecule has 174 valence electrons. The summed E-state index contributed by atoms with van der Waals surface area (Å²) in [5, 5.41) is 14.8. The fraction of sp³-hybridized carbons (Fsp3) is 0.200. The molecule has 4 rings (SSSR count). The van der Waals surface area contributed by atoms with E-state index in [2.05, 4.69) is 20.5 Å². The summed E-state index contributed by atoms with van der Waals surface area (Å²) in [5.74, 6) is -0.0235. The molecule has 0 bridgehead atoms. The van der Waals surface area contributed by atoms with E-state index in [0.29, 0.717) is 32.9 Å². The fourth-order valence-electron chi connectivity index (χ4n) is 3.73. The van der Waals surface area contributed by atoms with Crippen LogP contribution in [0.2, 0.25) is 10.0 Å². The van der Waals surface area contributed by atoms with Crippen LogP contribution in [0.4, 0.5) is 11.5 Å². The Morgan fingerprint density at radius 2 is 1.62 bits per heavy atom. The number of likely N-dealkylation sites (tertiary alicyclic amines) is 1. The van der Waals surface area contributed by atoms with Crippen molar-refractivity contribution in [3.63, 3.8) is 0 Å². The lowest BCUT2D eigenvalue weighted by Gasteiger charge is -2.29. The smallest absolute Gasteiger partial charge is 0.259 e. The number of hydrogen-bond donors (Lipinski definition) is 3. The summed E-state index contributed by atoms with van der Waals surface area (Å²) in [6, 6.07) is 14.9. The zero-order valence-corrected chi connectivity index (χ0v) is 19.9. The third-order valence-corrected chi connectivity index (χ3v) is 6.02. The molecule has 0 radical (unpaired) electrons. The van der Waals surface area contributed by atoms with Gasteiger partial charge in [0.1, 0.15) is 11.7 Å². The number of amidine groups is 1. The molecule has 0 atom stereocenters. The third-order valence-electron chi connectivity index (χ3n) is 5.55. The Morgan fingerprint density at radius 1 is 0.912 bits per heavy atom. The number of piperidine rings is 1. The van der Waals surface area contributed by atoms with Gasteiger partial charge in [0.25, 0.3) is 11.8 Å². The van der Waals surface area contributed by atoms with Crippen molar-refractivity contribution < 1.29 is 21.2 Å². The van der Waals surface area contributed by atoms with Crippen LogP contribution in [0.15, 0.2) is 60.8 Å². The maximum Gasteiger partial charge on any atom is 0.259 e. The third kappa shape index (κ3) is 5.73. The van der Waals surface area contributed by atoms with Gasteiger partial charge in [0.15, 0.2) is 11.6 Å². The summed E-state index contributed by atoms with van der Waals surface area (Å²) in [4.78, 5) is 31.9. The molecule has 0 unspecified atom stereocenters. The van der Waals surface area contributed by atoms with Crippen molar-refractivity contribution >= 4 is 40.8 Å². The Hall–Kier alpha value is -3.42. The number of rotatable bonds is 5. The molecule has 1 aromatic heterocycles. The van der Waals surface area contributed by atoms with Crippen LogP contribution < -0.4 is 10.6 Å². The van der Waals surface area contributed by atoms with Crippen LogP contribution in [0.3, 0.4) is 0 Å². The highest BCUT2D eigenvalue weighted by atomic mass is 35.5. The van der Waals surface area contributed by atoms with Gasteiger partial charge in [-0.25, -0.2) is 4.98 Å². The van der Waals surface area contributed by atoms with E-state index in [9.17, 15) is 9.59 Å². The summed E-state index contributed by atoms with van der Waals surface area (Å²) in [6.07, 6.45) is 4.81. The lowest BCUT2D eigenvalue weighted by atomic mass is 10.1. The molecular formula is C25H24Cl2N5O2+. The Morgan fingerprint density at radius 3 is 2.29 bits per heavy atom. The van der Waals surface area contributed by atoms with Crippen molar-refractivity contribution in [3.05, 3.63) is 87.5 Å². The Labute approximate surface area is 207 Å². The number of carbonyl (C=O) groups is 2. The molecule has 2 heterocycles. The molecule has 2 aromatic carbocycles. The molecule has 34 heavy (non-hydrogen) atoms. The van der Waals surface area contributed by atoms with E-state index >= 15 is 0 Å². The van der Waals surface area contributed by atoms with Crippen LogP contribution in [-0.4, -0.2) is 40.6 Å². The van der Waals surface area contributed by atoms with Crippen molar-refractivity contribution in [2.45, 2.75) is 19.3 Å². The summed E-state index contributed by atoms with van der Waals surface area (Å²) in [6.45, 7) is 1.77. The fourth-order valence-corrected chi connectivity index (χ4v) is 4.03. The first-order chi connectivity index (χ1) is 16.4. The molecular weight excluding hydrogens is 473 g/mol. The van der Waals surface area contributed by atoms with Gasteiger partial charge in [-0.3, -0.25) is 15.0 Å². The van der Waals surface area contributed by atoms with Crippen molar-refractivity contribution in [1.29, 1.82) is 5.41 Å². The number of aromatic nitrogens is 1. The molecule has 0 aliphatic carbocycles. The number of halogens is 2. The van der Waals surface area contributed by atoms with Crippen LogP contribution in [-0.2, 0) is 0 Å². The molecule has 3 N–H and O–H groups in total. The highest BCUT2D eigenvalue weighted by molar-refractivity contribution is 6.30. The first-order valence-corrected chi connectivity index (χ1v) is 11.7. The number of benzene rings is 2. The van der Waals surface area contributed by atoms with E-state index in [1.165, 1.54) is 18.7 Å². The summed E-state index contributed by atoms with van der Waals surface area (Å²) >= 11 is 11.1. The van der Waals surface area contributed by atoms with Gasteiger partial charge in [-0.1, -0.05) is 23.7 Å². The molecule has 2 amide bonds. The molecule has 0 spiro atoms. The number of hydrogen-bond acceptors (Lipinski definition) is 4. The van der Waals surface area contributed by atoms with Crippen LogP contribution in [0.1, 0.15) is 45.5 Å². The number of amides is 2. The lowest BCUT2D eigenvalue weighted by molar-refractivity contribution is -0.288. The maximum atomic E-state index is 12.9. The molecule has 1 aliphatic heterocycles. The van der Waals surface area contributed by atoms with Gasteiger partial charge >= 0.3 is 0 Å². The Bertz CT molecular complexity index is 1210. The topological polar surface area (TPSA) is 98.2 Å². The maximum absolute atomic E-state index is 12.9. The van der Waals surface area contributed by atoms with Crippen LogP contribution in [0.5, 0.6) is 0 Å². The van der Waals surface area contributed by atoms with Gasteiger partial charge in [-0.05, 0) is 49.6 Å². The second-order valence-electron chi connectivity index (χ2n) is 7.95. The van der Waals surface area contributed by atoms with Gasteiger partial charge in [0.2, 0.25) is 5.02 Å². The van der Waals surface area contributed by atoms with Gasteiger partial charge in [0.05, 0.1) is 16.3 Å². The number of carbonyl (C=O) groups excluding carboxylic acids is 2. The summed E-state index contributed by atoms with van der Waals surface area (Å²) in [5.41, 5.74) is 1.74. The predicted octanol–water partition coefficient (Wildman–Crippen LogP) is 4.75. The van der Waals surface area contributed by atoms with Crippen molar-refractivity contribution in [1.82, 2.24) is 9.88 Å². The normalized spacial score (nSPS) is 13.3. The minimum absolute atomic E-state index is 0.223. The molecule has 3 aromatic rings. The van der Waals surface area contributed by atoms with Crippen molar-refractivity contribution in [3.8, 4) is 0 Å². The second-order valence-corrected chi connectivity index (χ2v) is 8.86. The largest absolute Gasteiger partial charge is 0.357 e. The zero-order valence-electron chi connectivity index (χ0n) is 18.3.